The zero-order chi connectivity index (χ0) is 8.81. The van der Waals surface area contributed by atoms with Crippen molar-refractivity contribution in [3.8, 4) is 0 Å². The maximum absolute atomic E-state index is 5.47. The van der Waals surface area contributed by atoms with Gasteiger partial charge in [0.25, 0.3) is 0 Å². The van der Waals surface area contributed by atoms with Crippen LogP contribution in [-0.4, -0.2) is 37.2 Å². The van der Waals surface area contributed by atoms with Gasteiger partial charge in [0.05, 0.1) is 6.61 Å². The van der Waals surface area contributed by atoms with Crippen LogP contribution >= 0.6 is 0 Å². The lowest BCUT2D eigenvalue weighted by atomic mass is 10.1. The van der Waals surface area contributed by atoms with E-state index < -0.39 is 0 Å². The average Bonchev–Trinajstić information content (AvgIpc) is 2.15. The third kappa shape index (κ3) is 2.76. The summed E-state index contributed by atoms with van der Waals surface area (Å²) in [6.45, 7) is 8.80. The zero-order valence-electron chi connectivity index (χ0n) is 8.38. The van der Waals surface area contributed by atoms with Gasteiger partial charge < -0.3 is 4.74 Å². The Hall–Kier alpha value is -0.0800. The maximum atomic E-state index is 5.47. The molecule has 12 heavy (non-hydrogen) atoms. The van der Waals surface area contributed by atoms with Gasteiger partial charge >= 0.3 is 0 Å². The zero-order valence-corrected chi connectivity index (χ0v) is 8.38. The fourth-order valence-electron chi connectivity index (χ4n) is 1.90. The molecule has 0 aromatic rings. The molecule has 1 rings (SSSR count). The van der Waals surface area contributed by atoms with Gasteiger partial charge in [-0.05, 0) is 32.4 Å². The highest BCUT2D eigenvalue weighted by Crippen LogP contribution is 2.13. The van der Waals surface area contributed by atoms with Gasteiger partial charge in [-0.15, -0.1) is 0 Å². The van der Waals surface area contributed by atoms with Gasteiger partial charge in [0, 0.05) is 12.6 Å². The van der Waals surface area contributed by atoms with Crippen LogP contribution in [0.2, 0.25) is 0 Å². The van der Waals surface area contributed by atoms with Crippen LogP contribution in [0.25, 0.3) is 0 Å². The summed E-state index contributed by atoms with van der Waals surface area (Å²) >= 11 is 0. The third-order valence-corrected chi connectivity index (χ3v) is 2.57. The molecule has 1 heterocycles. The molecule has 1 atom stereocenters. The number of nitrogens with zero attached hydrogens (tertiary/aromatic N) is 1. The molecule has 2 heteroatoms. The Morgan fingerprint density at radius 1 is 1.42 bits per heavy atom. The normalized spacial score (nSPS) is 24.8. The van der Waals surface area contributed by atoms with E-state index in [1.807, 2.05) is 0 Å². The monoisotopic (exact) mass is 171 g/mol. The van der Waals surface area contributed by atoms with Gasteiger partial charge in [0.1, 0.15) is 0 Å². The molecule has 0 N–H and O–H groups in total. The molecule has 0 aromatic carbocycles. The van der Waals surface area contributed by atoms with Gasteiger partial charge in [-0.2, -0.15) is 0 Å². The lowest BCUT2D eigenvalue weighted by molar-refractivity contribution is 0.0198. The van der Waals surface area contributed by atoms with Gasteiger partial charge in [-0.25, -0.2) is 0 Å². The molecule has 2 nitrogen and oxygen atoms in total. The number of hydrogen-bond acceptors (Lipinski definition) is 2. The van der Waals surface area contributed by atoms with Crippen molar-refractivity contribution in [1.29, 1.82) is 0 Å². The first-order chi connectivity index (χ1) is 5.88. The minimum atomic E-state index is 0.698. The quantitative estimate of drug-likeness (QED) is 0.640. The summed E-state index contributed by atoms with van der Waals surface area (Å²) in [6, 6.07) is 0.698. The molecule has 1 aliphatic heterocycles. The summed E-state index contributed by atoms with van der Waals surface area (Å²) in [5, 5.41) is 0. The second-order valence-electron chi connectivity index (χ2n) is 3.50. The van der Waals surface area contributed by atoms with Crippen molar-refractivity contribution in [2.45, 2.75) is 39.2 Å². The number of hydrogen-bond donors (Lipinski definition) is 0. The van der Waals surface area contributed by atoms with E-state index in [0.717, 1.165) is 13.2 Å². The van der Waals surface area contributed by atoms with Gasteiger partial charge in [-0.1, -0.05) is 13.8 Å². The van der Waals surface area contributed by atoms with Gasteiger partial charge in [0.15, 0.2) is 0 Å². The van der Waals surface area contributed by atoms with Crippen LogP contribution in [0, 0.1) is 0 Å². The molecule has 0 saturated carbocycles. The first-order valence-corrected chi connectivity index (χ1v) is 5.20. The van der Waals surface area contributed by atoms with E-state index in [4.69, 9.17) is 4.74 Å². The largest absolute Gasteiger partial charge is 0.380 e. The Morgan fingerprint density at radius 2 is 2.25 bits per heavy atom. The Morgan fingerprint density at radius 3 is 2.75 bits per heavy atom. The first kappa shape index (κ1) is 10.0. The second-order valence-corrected chi connectivity index (χ2v) is 3.50. The van der Waals surface area contributed by atoms with Crippen LogP contribution in [0.4, 0.5) is 0 Å². The second kappa shape index (κ2) is 5.55. The lowest BCUT2D eigenvalue weighted by Gasteiger charge is -2.33. The average molecular weight is 171 g/mol. The van der Waals surface area contributed by atoms with Crippen molar-refractivity contribution in [2.75, 3.05) is 26.3 Å². The van der Waals surface area contributed by atoms with Crippen molar-refractivity contribution >= 4 is 0 Å². The van der Waals surface area contributed by atoms with Crippen LogP contribution in [0.5, 0.6) is 0 Å². The molecule has 1 aliphatic rings. The topological polar surface area (TPSA) is 12.5 Å². The van der Waals surface area contributed by atoms with Gasteiger partial charge in [-0.3, -0.25) is 4.90 Å². The molecule has 0 bridgehead atoms. The maximum Gasteiger partial charge on any atom is 0.0621 e. The summed E-state index contributed by atoms with van der Waals surface area (Å²) in [5.74, 6) is 0. The number of ether oxygens (including phenoxy) is 1. The van der Waals surface area contributed by atoms with Crippen molar-refractivity contribution in [3.63, 3.8) is 0 Å². The highest BCUT2D eigenvalue weighted by atomic mass is 16.5. The van der Waals surface area contributed by atoms with E-state index in [0.29, 0.717) is 6.04 Å². The molecule has 0 aliphatic carbocycles. The summed E-state index contributed by atoms with van der Waals surface area (Å²) in [7, 11) is 0. The summed E-state index contributed by atoms with van der Waals surface area (Å²) < 4.78 is 5.47. The van der Waals surface area contributed by atoms with Crippen LogP contribution in [0.1, 0.15) is 33.1 Å². The molecule has 0 aromatic heterocycles. The highest BCUT2D eigenvalue weighted by molar-refractivity contribution is 4.72. The summed E-state index contributed by atoms with van der Waals surface area (Å²) in [5.41, 5.74) is 0. The van der Waals surface area contributed by atoms with Crippen molar-refractivity contribution < 1.29 is 4.74 Å². The Kier molecular flexibility index (Phi) is 4.62. The predicted octanol–water partition coefficient (Wildman–Crippen LogP) is 1.90. The molecule has 1 unspecified atom stereocenters. The third-order valence-electron chi connectivity index (χ3n) is 2.57. The van der Waals surface area contributed by atoms with E-state index in [1.54, 1.807) is 0 Å². The number of likely N-dealkylation sites (N-methyl/N-ethyl adjacent to an activating group) is 1. The smallest absolute Gasteiger partial charge is 0.0621 e. The fourth-order valence-corrected chi connectivity index (χ4v) is 1.90. The standard InChI is InChI=1S/C10H21NO/c1-3-7-11(4-2)10-6-5-8-12-9-10/h10H,3-9H2,1-2H3. The van der Waals surface area contributed by atoms with Crippen LogP contribution < -0.4 is 0 Å². The van der Waals surface area contributed by atoms with Crippen molar-refractivity contribution in [3.05, 3.63) is 0 Å². The molecular formula is C10H21NO. The minimum Gasteiger partial charge on any atom is -0.380 e. The van der Waals surface area contributed by atoms with Crippen LogP contribution in [0.3, 0.4) is 0 Å². The highest BCUT2D eigenvalue weighted by Gasteiger charge is 2.18. The molecule has 1 saturated heterocycles. The van der Waals surface area contributed by atoms with E-state index in [2.05, 4.69) is 18.7 Å². The van der Waals surface area contributed by atoms with Crippen molar-refractivity contribution in [1.82, 2.24) is 4.90 Å². The summed E-state index contributed by atoms with van der Waals surface area (Å²) in [4.78, 5) is 2.54. The van der Waals surface area contributed by atoms with Crippen molar-refractivity contribution in [2.24, 2.45) is 0 Å². The van der Waals surface area contributed by atoms with E-state index >= 15 is 0 Å². The predicted molar refractivity (Wildman–Crippen MR) is 51.4 cm³/mol. The fraction of sp³-hybridized carbons (Fsp3) is 1.00. The van der Waals surface area contributed by atoms with E-state index in [1.165, 1.54) is 32.4 Å². The Balaban J connectivity index is 2.29. The Labute approximate surface area is 75.9 Å². The van der Waals surface area contributed by atoms with Crippen LogP contribution in [-0.2, 0) is 4.74 Å². The van der Waals surface area contributed by atoms with Crippen LogP contribution in [0.15, 0.2) is 0 Å². The molecular weight excluding hydrogens is 150 g/mol. The molecule has 0 amide bonds. The Bertz CT molecular complexity index is 108. The minimum absolute atomic E-state index is 0.698. The molecule has 72 valence electrons. The SMILES string of the molecule is CCCN(CC)C1CCCOC1. The molecule has 0 spiro atoms. The van der Waals surface area contributed by atoms with E-state index in [9.17, 15) is 0 Å². The first-order valence-electron chi connectivity index (χ1n) is 5.20. The molecule has 1 fully saturated rings. The molecule has 0 radical (unpaired) electrons. The van der Waals surface area contributed by atoms with E-state index in [-0.39, 0.29) is 0 Å². The summed E-state index contributed by atoms with van der Waals surface area (Å²) in [6.07, 6.45) is 3.82. The lowest BCUT2D eigenvalue weighted by Crippen LogP contribution is -2.41. The van der Waals surface area contributed by atoms with Gasteiger partial charge in [0.2, 0.25) is 0 Å². The number of rotatable bonds is 4.